The molecule has 4 saturated heterocycles. The summed E-state index contributed by atoms with van der Waals surface area (Å²) in [5, 5.41) is 65.1. The van der Waals surface area contributed by atoms with E-state index in [0.29, 0.717) is 57.7 Å². The molecule has 6 heterocycles. The molecule has 4 aliphatic rings. The lowest BCUT2D eigenvalue weighted by atomic mass is 9.77. The maximum absolute atomic E-state index is 15.1. The monoisotopic (exact) mass is 1190 g/mol. The van der Waals surface area contributed by atoms with Crippen molar-refractivity contribution in [3.63, 3.8) is 0 Å². The Morgan fingerprint density at radius 2 is 1.57 bits per heavy atom. The number of esters is 1. The summed E-state index contributed by atoms with van der Waals surface area (Å²) < 4.78 is 86.7. The van der Waals surface area contributed by atoms with Crippen LogP contribution in [0.1, 0.15) is 130 Å². The van der Waals surface area contributed by atoms with E-state index in [0.717, 1.165) is 16.9 Å². The van der Waals surface area contributed by atoms with Crippen molar-refractivity contribution in [3.8, 4) is 5.69 Å². The molecular weight excluding hydrogens is 1100 g/mol. The number of sulfone groups is 1. The number of benzene rings is 1. The molecule has 2 aromatic heterocycles. The predicted molar refractivity (Wildman–Crippen MR) is 306 cm³/mol. The van der Waals surface area contributed by atoms with Crippen LogP contribution in [-0.2, 0) is 60.8 Å². The van der Waals surface area contributed by atoms with Gasteiger partial charge in [0.1, 0.15) is 42.7 Å². The van der Waals surface area contributed by atoms with Crippen LogP contribution in [0, 0.1) is 17.8 Å². The topological polar surface area (TPSA) is 268 Å². The Hall–Kier alpha value is -3.67. The van der Waals surface area contributed by atoms with Crippen molar-refractivity contribution in [1.29, 1.82) is 0 Å². The molecule has 0 bridgehead atoms. The second-order valence-electron chi connectivity index (χ2n) is 25.1. The fourth-order valence-corrected chi connectivity index (χ4v) is 14.2. The van der Waals surface area contributed by atoms with E-state index in [1.807, 2.05) is 82.1 Å². The molecule has 4 aliphatic heterocycles. The minimum Gasteiger partial charge on any atom is -0.459 e. The highest BCUT2D eigenvalue weighted by molar-refractivity contribution is 7.91. The Morgan fingerprint density at radius 3 is 2.20 bits per heavy atom. The van der Waals surface area contributed by atoms with Crippen LogP contribution in [0.5, 0.6) is 0 Å². The number of likely N-dealkylation sites (N-methyl/N-ethyl adjacent to an activating group) is 2. The number of carbonyl (C=O) groups is 1. The van der Waals surface area contributed by atoms with E-state index in [-0.39, 0.29) is 48.8 Å². The molecule has 25 heteroatoms. The second kappa shape index (κ2) is 28.0. The molecule has 4 N–H and O–H groups in total. The summed E-state index contributed by atoms with van der Waals surface area (Å²) >= 11 is 0. The van der Waals surface area contributed by atoms with Gasteiger partial charge < -0.3 is 63.4 Å². The van der Waals surface area contributed by atoms with Gasteiger partial charge in [0.05, 0.1) is 76.3 Å². The van der Waals surface area contributed by atoms with E-state index in [2.05, 4.69) is 25.5 Å². The number of nitrogens with zero attached hydrogens (tertiary/aromatic N) is 9. The average Bonchev–Trinajstić information content (AvgIpc) is 4.17. The third kappa shape index (κ3) is 16.1. The second-order valence-corrected chi connectivity index (χ2v) is 27.4. The zero-order valence-electron chi connectivity index (χ0n) is 51.3. The Morgan fingerprint density at radius 1 is 0.892 bits per heavy atom. The highest BCUT2D eigenvalue weighted by Crippen LogP contribution is 2.41. The van der Waals surface area contributed by atoms with Crippen LogP contribution in [0.15, 0.2) is 36.7 Å². The lowest BCUT2D eigenvalue weighted by Gasteiger charge is -2.48. The Kier molecular flexibility index (Phi) is 22.6. The average molecular weight is 1190 g/mol. The van der Waals surface area contributed by atoms with Gasteiger partial charge >= 0.3 is 5.97 Å². The van der Waals surface area contributed by atoms with Crippen LogP contribution in [0.4, 0.5) is 4.39 Å². The van der Waals surface area contributed by atoms with E-state index in [9.17, 15) is 33.6 Å². The molecule has 0 aliphatic carbocycles. The van der Waals surface area contributed by atoms with Gasteiger partial charge in [-0.3, -0.25) is 9.69 Å². The van der Waals surface area contributed by atoms with Crippen molar-refractivity contribution in [2.45, 2.75) is 211 Å². The van der Waals surface area contributed by atoms with Crippen molar-refractivity contribution in [1.82, 2.24) is 44.7 Å². The van der Waals surface area contributed by atoms with Gasteiger partial charge in [0, 0.05) is 90.4 Å². The SMILES string of the molecule is CC[C@H]1OC(=O)[C@H](C)[C@@H](O[C@H]2C[C@@](C)(OC)[C@@H](O)[C@H](C)O2)[C@H](C)[C@@H](O[C@H]2C[C@@H](N(C)CCc3cn([C@H](CF)[C@H](OC)c4ccc(-n5cc(CN6CCS(=O)(=O)CC6)nn5)cc4)nn3)C[C@@H](C)O2)[C@](C)(O)C[C@@H](C)CN(C)[C@H](C)[C@@H](O)[C@]1(C)O. The molecule has 0 amide bonds. The lowest BCUT2D eigenvalue weighted by Crippen LogP contribution is -2.59. The fraction of sp³-hybridized carbons (Fsp3) is 0.810. The molecule has 3 aromatic rings. The molecule has 19 atom stereocenters. The summed E-state index contributed by atoms with van der Waals surface area (Å²) in [6, 6.07) is 5.99. The quantitative estimate of drug-likeness (QED) is 0.132. The van der Waals surface area contributed by atoms with Crippen molar-refractivity contribution >= 4 is 15.8 Å². The van der Waals surface area contributed by atoms with Gasteiger partial charge in [-0.05, 0) is 105 Å². The van der Waals surface area contributed by atoms with Gasteiger partial charge in [-0.1, -0.05) is 43.3 Å². The first kappa shape index (κ1) is 66.8. The largest absolute Gasteiger partial charge is 0.459 e. The van der Waals surface area contributed by atoms with Crippen LogP contribution >= 0.6 is 0 Å². The predicted octanol–water partition coefficient (Wildman–Crippen LogP) is 3.84. The molecule has 0 radical (unpaired) electrons. The normalized spacial score (nSPS) is 37.4. The van der Waals surface area contributed by atoms with Crippen LogP contribution in [-0.4, -0.2) is 236 Å². The van der Waals surface area contributed by atoms with E-state index in [1.54, 1.807) is 45.5 Å². The van der Waals surface area contributed by atoms with Crippen LogP contribution < -0.4 is 0 Å². The number of cyclic esters (lactones) is 1. The minimum absolute atomic E-state index is 0.0452. The summed E-state index contributed by atoms with van der Waals surface area (Å²) in [5.74, 6) is -2.37. The van der Waals surface area contributed by atoms with E-state index < -0.39 is 119 Å². The molecule has 470 valence electrons. The molecule has 0 saturated carbocycles. The first-order valence-corrected chi connectivity index (χ1v) is 31.4. The highest BCUT2D eigenvalue weighted by atomic mass is 32.2. The summed E-state index contributed by atoms with van der Waals surface area (Å²) in [5.41, 5.74) is -1.60. The van der Waals surface area contributed by atoms with E-state index in [4.69, 9.17) is 33.2 Å². The molecule has 23 nitrogen and oxygen atoms in total. The number of halogens is 1. The molecular formula is C58H96FN9O14S. The number of hydrogen-bond donors (Lipinski definition) is 4. The first-order chi connectivity index (χ1) is 39.0. The number of ether oxygens (including phenoxy) is 7. The molecule has 83 heavy (non-hydrogen) atoms. The first-order valence-electron chi connectivity index (χ1n) is 29.6. The van der Waals surface area contributed by atoms with Gasteiger partial charge in [0.2, 0.25) is 0 Å². The van der Waals surface area contributed by atoms with Gasteiger partial charge in [0.25, 0.3) is 0 Å². The maximum Gasteiger partial charge on any atom is 0.311 e. The molecule has 1 aromatic carbocycles. The molecule has 4 fully saturated rings. The Labute approximate surface area is 490 Å². The Balaban J connectivity index is 1.06. The Bertz CT molecular complexity index is 2640. The fourth-order valence-electron chi connectivity index (χ4n) is 12.9. The van der Waals surface area contributed by atoms with Crippen LogP contribution in [0.2, 0.25) is 0 Å². The van der Waals surface area contributed by atoms with Crippen molar-refractivity contribution in [2.75, 3.05) is 72.7 Å². The number of hydrogen-bond acceptors (Lipinski definition) is 21. The summed E-state index contributed by atoms with van der Waals surface area (Å²) in [4.78, 5) is 20.8. The van der Waals surface area contributed by atoms with Gasteiger partial charge in [0.15, 0.2) is 22.4 Å². The smallest absolute Gasteiger partial charge is 0.311 e. The summed E-state index contributed by atoms with van der Waals surface area (Å²) in [6.07, 6.45) is -3.14. The van der Waals surface area contributed by atoms with Gasteiger partial charge in [-0.2, -0.15) is 0 Å². The third-order valence-corrected chi connectivity index (χ3v) is 19.9. The van der Waals surface area contributed by atoms with E-state index in [1.165, 1.54) is 25.8 Å². The third-order valence-electron chi connectivity index (χ3n) is 18.3. The van der Waals surface area contributed by atoms with Gasteiger partial charge in [-0.15, -0.1) is 10.2 Å². The molecule has 0 spiro atoms. The molecule has 0 unspecified atom stereocenters. The van der Waals surface area contributed by atoms with Crippen molar-refractivity contribution in [2.24, 2.45) is 17.8 Å². The number of aliphatic hydroxyl groups excluding tert-OH is 2. The minimum atomic E-state index is -2.99. The number of rotatable bonds is 18. The molecule has 7 rings (SSSR count). The standard InChI is InChI=1S/C58H96FN9O14S/c1-15-47-58(10,73)52(69)39(6)65(12)31-35(2)28-56(8,72)54(37(4)50(38(5)55(71)80-47)81-49-29-57(9,77-14)53(70)40(7)79-49)82-48-27-45(26-36(3)78-48)64(11)21-20-42-33-68(63-60-42)46(30-59)51(76-13)41-16-18-44(19-17-41)67-34-43(61-62-67)32-66-22-24-83(74,75)25-23-66/h16-19,33-40,45-54,69-70,72-73H,15,20-32H2,1-14H3/t35-,36-,37+,38-,39-,40+,45+,46-,47-,48+,49+,50+,51-,52-,53+,54-,56-,57-,58-/m1/s1. The highest BCUT2D eigenvalue weighted by Gasteiger charge is 2.52. The number of methoxy groups -OCH3 is 2. The van der Waals surface area contributed by atoms with Crippen molar-refractivity contribution < 1.29 is 71.2 Å². The maximum atomic E-state index is 15.1. The lowest BCUT2D eigenvalue weighted by molar-refractivity contribution is -0.308. The van der Waals surface area contributed by atoms with Crippen LogP contribution in [0.3, 0.4) is 0 Å². The van der Waals surface area contributed by atoms with Crippen LogP contribution in [0.25, 0.3) is 5.69 Å². The number of carbonyl (C=O) groups excluding carboxylic acids is 1. The number of aromatic nitrogens is 6. The van der Waals surface area contributed by atoms with E-state index >= 15 is 4.39 Å². The number of aliphatic hydroxyl groups is 4. The number of alkyl halides is 1. The summed E-state index contributed by atoms with van der Waals surface area (Å²) in [6.45, 7) is 19.5. The summed E-state index contributed by atoms with van der Waals surface area (Å²) in [7, 11) is 3.92. The zero-order valence-corrected chi connectivity index (χ0v) is 52.1. The zero-order chi connectivity index (χ0) is 60.9. The van der Waals surface area contributed by atoms with Gasteiger partial charge in [-0.25, -0.2) is 22.2 Å². The van der Waals surface area contributed by atoms with Crippen molar-refractivity contribution in [3.05, 3.63) is 53.6 Å².